The second kappa shape index (κ2) is 6.28. The molecular weight excluding hydrogens is 276 g/mol. The first kappa shape index (κ1) is 15.5. The van der Waals surface area contributed by atoms with Gasteiger partial charge in [-0.15, -0.1) is 0 Å². The van der Waals surface area contributed by atoms with E-state index in [1.165, 1.54) is 18.9 Å². The third-order valence-electron chi connectivity index (χ3n) is 3.60. The molecule has 1 saturated carbocycles. The normalized spacial score (nSPS) is 17.6. The van der Waals surface area contributed by atoms with Gasteiger partial charge in [0.05, 0.1) is 6.54 Å². The molecule has 1 fully saturated rings. The van der Waals surface area contributed by atoms with Crippen LogP contribution in [0.3, 0.4) is 0 Å². The van der Waals surface area contributed by atoms with Crippen LogP contribution in [0.25, 0.3) is 0 Å². The van der Waals surface area contributed by atoms with Gasteiger partial charge in [0.25, 0.3) is 10.0 Å². The van der Waals surface area contributed by atoms with Crippen LogP contribution in [0.5, 0.6) is 0 Å². The average molecular weight is 300 g/mol. The number of furan rings is 1. The summed E-state index contributed by atoms with van der Waals surface area (Å²) in [6.45, 7) is 6.56. The monoisotopic (exact) mass is 300 g/mol. The summed E-state index contributed by atoms with van der Waals surface area (Å²) in [4.78, 5) is 0. The lowest BCUT2D eigenvalue weighted by Crippen LogP contribution is -2.37. The van der Waals surface area contributed by atoms with E-state index in [2.05, 4.69) is 10.0 Å². The Morgan fingerprint density at radius 2 is 2.05 bits per heavy atom. The zero-order chi connectivity index (χ0) is 14.8. The molecule has 2 N–H and O–H groups in total. The zero-order valence-electron chi connectivity index (χ0n) is 12.3. The van der Waals surface area contributed by atoms with Crippen LogP contribution >= 0.6 is 0 Å². The van der Waals surface area contributed by atoms with Gasteiger partial charge in [-0.2, -0.15) is 0 Å². The van der Waals surface area contributed by atoms with Crippen molar-refractivity contribution in [1.29, 1.82) is 0 Å². The van der Waals surface area contributed by atoms with Crippen LogP contribution in [0.1, 0.15) is 45.8 Å². The SMILES string of the molecule is CCC(NS(=O)(=O)c1ccc(CNC2CC2)o1)C(C)C. The van der Waals surface area contributed by atoms with Gasteiger partial charge in [0, 0.05) is 12.1 Å². The van der Waals surface area contributed by atoms with Crippen molar-refractivity contribution in [3.63, 3.8) is 0 Å². The van der Waals surface area contributed by atoms with Crippen molar-refractivity contribution in [2.24, 2.45) is 5.92 Å². The van der Waals surface area contributed by atoms with E-state index in [0.29, 0.717) is 18.3 Å². The summed E-state index contributed by atoms with van der Waals surface area (Å²) >= 11 is 0. The van der Waals surface area contributed by atoms with Crippen molar-refractivity contribution in [3.8, 4) is 0 Å². The molecule has 1 aliphatic rings. The van der Waals surface area contributed by atoms with Crippen LogP contribution < -0.4 is 10.0 Å². The Hall–Kier alpha value is -0.850. The molecule has 0 spiro atoms. The molecule has 0 aromatic carbocycles. The van der Waals surface area contributed by atoms with E-state index < -0.39 is 10.0 Å². The van der Waals surface area contributed by atoms with Crippen molar-refractivity contribution >= 4 is 10.0 Å². The highest BCUT2D eigenvalue weighted by molar-refractivity contribution is 7.89. The lowest BCUT2D eigenvalue weighted by Gasteiger charge is -2.19. The minimum Gasteiger partial charge on any atom is -0.447 e. The first-order valence-electron chi connectivity index (χ1n) is 7.26. The Bertz CT molecular complexity index is 532. The minimum atomic E-state index is -3.56. The van der Waals surface area contributed by atoms with Gasteiger partial charge >= 0.3 is 0 Å². The van der Waals surface area contributed by atoms with Gasteiger partial charge in [-0.1, -0.05) is 20.8 Å². The lowest BCUT2D eigenvalue weighted by atomic mass is 10.0. The van der Waals surface area contributed by atoms with E-state index in [-0.39, 0.29) is 17.1 Å². The highest BCUT2D eigenvalue weighted by Crippen LogP contribution is 2.21. The molecule has 1 unspecified atom stereocenters. The topological polar surface area (TPSA) is 71.3 Å². The smallest absolute Gasteiger partial charge is 0.274 e. The van der Waals surface area contributed by atoms with Gasteiger partial charge in [-0.25, -0.2) is 13.1 Å². The fourth-order valence-electron chi connectivity index (χ4n) is 2.08. The summed E-state index contributed by atoms with van der Waals surface area (Å²) in [5.41, 5.74) is 0. The number of rotatable bonds is 8. The van der Waals surface area contributed by atoms with Crippen LogP contribution in [0.15, 0.2) is 21.6 Å². The molecule has 1 aliphatic carbocycles. The number of hydrogen-bond donors (Lipinski definition) is 2. The van der Waals surface area contributed by atoms with E-state index in [0.717, 1.165) is 6.42 Å². The molecule has 0 amide bonds. The molecule has 0 aliphatic heterocycles. The maximum absolute atomic E-state index is 12.2. The molecule has 20 heavy (non-hydrogen) atoms. The first-order chi connectivity index (χ1) is 9.42. The van der Waals surface area contributed by atoms with Crippen molar-refractivity contribution in [2.45, 2.75) is 63.8 Å². The molecule has 2 rings (SSSR count). The standard InChI is InChI=1S/C14H24N2O3S/c1-4-13(10(2)3)16-20(17,18)14-8-7-12(19-14)9-15-11-5-6-11/h7-8,10-11,13,15-16H,4-6,9H2,1-3H3. The number of nitrogens with one attached hydrogen (secondary N) is 2. The van der Waals surface area contributed by atoms with E-state index >= 15 is 0 Å². The third kappa shape index (κ3) is 4.07. The first-order valence-corrected chi connectivity index (χ1v) is 8.75. The zero-order valence-corrected chi connectivity index (χ0v) is 13.2. The van der Waals surface area contributed by atoms with Crippen molar-refractivity contribution in [3.05, 3.63) is 17.9 Å². The Labute approximate surface area is 121 Å². The van der Waals surface area contributed by atoms with Gasteiger partial charge in [-0.3, -0.25) is 0 Å². The van der Waals surface area contributed by atoms with E-state index in [1.54, 1.807) is 6.07 Å². The summed E-state index contributed by atoms with van der Waals surface area (Å²) in [6.07, 6.45) is 3.15. The fraction of sp³-hybridized carbons (Fsp3) is 0.714. The van der Waals surface area contributed by atoms with E-state index in [1.807, 2.05) is 20.8 Å². The minimum absolute atomic E-state index is 0.00389. The highest BCUT2D eigenvalue weighted by Gasteiger charge is 2.25. The predicted octanol–water partition coefficient (Wildman–Crippen LogP) is 2.24. The fourth-order valence-corrected chi connectivity index (χ4v) is 3.50. The Balaban J connectivity index is 2.00. The number of sulfonamides is 1. The molecule has 0 radical (unpaired) electrons. The molecule has 114 valence electrons. The van der Waals surface area contributed by atoms with Gasteiger partial charge < -0.3 is 9.73 Å². The molecule has 1 aromatic rings. The quantitative estimate of drug-likeness (QED) is 0.772. The maximum atomic E-state index is 12.2. The van der Waals surface area contributed by atoms with Gasteiger partial charge in [-0.05, 0) is 37.3 Å². The summed E-state index contributed by atoms with van der Waals surface area (Å²) in [6, 6.07) is 3.75. The third-order valence-corrected chi connectivity index (χ3v) is 4.96. The van der Waals surface area contributed by atoms with Crippen LogP contribution in [-0.2, 0) is 16.6 Å². The molecule has 1 heterocycles. The molecule has 6 heteroatoms. The van der Waals surface area contributed by atoms with Crippen LogP contribution in [0.2, 0.25) is 0 Å². The Morgan fingerprint density at radius 1 is 1.35 bits per heavy atom. The summed E-state index contributed by atoms with van der Waals surface area (Å²) in [7, 11) is -3.56. The summed E-state index contributed by atoms with van der Waals surface area (Å²) < 4.78 is 32.6. The van der Waals surface area contributed by atoms with Crippen molar-refractivity contribution in [1.82, 2.24) is 10.0 Å². The summed E-state index contributed by atoms with van der Waals surface area (Å²) in [5.74, 6) is 0.913. The van der Waals surface area contributed by atoms with Crippen LogP contribution in [-0.4, -0.2) is 20.5 Å². The maximum Gasteiger partial charge on any atom is 0.274 e. The molecule has 5 nitrogen and oxygen atoms in total. The molecule has 1 atom stereocenters. The van der Waals surface area contributed by atoms with E-state index in [9.17, 15) is 8.42 Å². The molecule has 0 bridgehead atoms. The van der Waals surface area contributed by atoms with Crippen LogP contribution in [0.4, 0.5) is 0 Å². The lowest BCUT2D eigenvalue weighted by molar-refractivity contribution is 0.387. The van der Waals surface area contributed by atoms with Gasteiger partial charge in [0.15, 0.2) is 0 Å². The Morgan fingerprint density at radius 3 is 2.60 bits per heavy atom. The molecule has 0 saturated heterocycles. The van der Waals surface area contributed by atoms with Crippen molar-refractivity contribution in [2.75, 3.05) is 0 Å². The second-order valence-electron chi connectivity index (χ2n) is 5.76. The van der Waals surface area contributed by atoms with Gasteiger partial charge in [0.1, 0.15) is 5.76 Å². The van der Waals surface area contributed by atoms with E-state index in [4.69, 9.17) is 4.42 Å². The van der Waals surface area contributed by atoms with Crippen molar-refractivity contribution < 1.29 is 12.8 Å². The van der Waals surface area contributed by atoms with Crippen LogP contribution in [0, 0.1) is 5.92 Å². The molecule has 1 aromatic heterocycles. The Kier molecular flexibility index (Phi) is 4.88. The number of hydrogen-bond acceptors (Lipinski definition) is 4. The molecular formula is C14H24N2O3S. The largest absolute Gasteiger partial charge is 0.447 e. The second-order valence-corrected chi connectivity index (χ2v) is 7.40. The highest BCUT2D eigenvalue weighted by atomic mass is 32.2. The van der Waals surface area contributed by atoms with Gasteiger partial charge in [0.2, 0.25) is 5.09 Å². The summed E-state index contributed by atoms with van der Waals surface area (Å²) in [5, 5.41) is 3.30. The average Bonchev–Trinajstić information content (AvgIpc) is 3.09. The predicted molar refractivity (Wildman–Crippen MR) is 77.8 cm³/mol.